The third-order valence-corrected chi connectivity index (χ3v) is 2.76. The zero-order valence-electron chi connectivity index (χ0n) is 11.4. The Kier molecular flexibility index (Phi) is 5.37. The predicted octanol–water partition coefficient (Wildman–Crippen LogP) is 2.71. The van der Waals surface area contributed by atoms with E-state index >= 15 is 0 Å². The van der Waals surface area contributed by atoms with Crippen molar-refractivity contribution in [1.82, 2.24) is 5.43 Å². The van der Waals surface area contributed by atoms with Crippen molar-refractivity contribution in [3.63, 3.8) is 0 Å². The molecule has 7 heteroatoms. The van der Waals surface area contributed by atoms with Crippen molar-refractivity contribution in [1.29, 1.82) is 0 Å². The van der Waals surface area contributed by atoms with E-state index in [1.807, 2.05) is 24.3 Å². The van der Waals surface area contributed by atoms with E-state index in [0.29, 0.717) is 0 Å². The summed E-state index contributed by atoms with van der Waals surface area (Å²) in [6.07, 6.45) is 1.53. The van der Waals surface area contributed by atoms with Crippen molar-refractivity contribution in [3.05, 3.63) is 65.2 Å². The first-order valence-electron chi connectivity index (χ1n) is 6.30. The predicted molar refractivity (Wildman–Crippen MR) is 84.6 cm³/mol. The van der Waals surface area contributed by atoms with Gasteiger partial charge in [-0.05, 0) is 17.8 Å². The molecule has 0 atom stereocenters. The maximum atomic E-state index is 13.1. The van der Waals surface area contributed by atoms with E-state index < -0.39 is 11.6 Å². The van der Waals surface area contributed by atoms with Crippen LogP contribution in [0.2, 0.25) is 0 Å². The van der Waals surface area contributed by atoms with E-state index in [2.05, 4.69) is 22.7 Å². The van der Waals surface area contributed by atoms with Crippen LogP contribution in [0.5, 0.6) is 5.75 Å². The molecule has 114 valence electrons. The third-order valence-electron chi connectivity index (χ3n) is 2.66. The molecule has 0 aliphatic heterocycles. The van der Waals surface area contributed by atoms with Crippen molar-refractivity contribution >= 4 is 23.5 Å². The third kappa shape index (κ3) is 4.78. The molecule has 3 N–H and O–H groups in total. The van der Waals surface area contributed by atoms with Crippen LogP contribution in [0, 0.1) is 11.6 Å². The van der Waals surface area contributed by atoms with Gasteiger partial charge in [0.2, 0.25) is 0 Å². The Labute approximate surface area is 131 Å². The first-order chi connectivity index (χ1) is 10.5. The number of nitrogens with one attached hydrogen (secondary N) is 1. The van der Waals surface area contributed by atoms with Crippen LogP contribution >= 0.6 is 12.2 Å². The van der Waals surface area contributed by atoms with Crippen LogP contribution in [0.25, 0.3) is 0 Å². The molecule has 22 heavy (non-hydrogen) atoms. The smallest absolute Gasteiger partial charge is 0.184 e. The molecule has 0 unspecified atom stereocenters. The number of halogens is 2. The molecule has 0 saturated heterocycles. The number of nitrogens with zero attached hydrogens (tertiary/aromatic N) is 1. The average molecular weight is 321 g/mol. The fourth-order valence-electron chi connectivity index (χ4n) is 1.73. The second-order valence-electron chi connectivity index (χ2n) is 4.33. The van der Waals surface area contributed by atoms with E-state index in [1.54, 1.807) is 0 Å². The number of ether oxygens (including phenoxy) is 1. The van der Waals surface area contributed by atoms with Crippen LogP contribution in [-0.2, 0) is 6.61 Å². The minimum Gasteiger partial charge on any atom is -0.489 e. The van der Waals surface area contributed by atoms with Crippen molar-refractivity contribution in [2.24, 2.45) is 10.8 Å². The second kappa shape index (κ2) is 7.46. The number of benzene rings is 2. The number of rotatable bonds is 5. The minimum atomic E-state index is -0.689. The summed E-state index contributed by atoms with van der Waals surface area (Å²) in [4.78, 5) is 0. The first kappa shape index (κ1) is 15.8. The van der Waals surface area contributed by atoms with Gasteiger partial charge < -0.3 is 10.5 Å². The molecule has 2 rings (SSSR count). The van der Waals surface area contributed by atoms with Gasteiger partial charge in [-0.1, -0.05) is 24.3 Å². The van der Waals surface area contributed by atoms with Crippen molar-refractivity contribution in [2.45, 2.75) is 6.61 Å². The molecule has 0 amide bonds. The lowest BCUT2D eigenvalue weighted by molar-refractivity contribution is 0.302. The SMILES string of the molecule is NC(=S)NN=Cc1ccccc1COc1cc(F)cc(F)c1. The molecule has 0 bridgehead atoms. The van der Waals surface area contributed by atoms with E-state index in [0.717, 1.165) is 29.3 Å². The van der Waals surface area contributed by atoms with Gasteiger partial charge >= 0.3 is 0 Å². The maximum absolute atomic E-state index is 13.1. The monoisotopic (exact) mass is 321 g/mol. The maximum Gasteiger partial charge on any atom is 0.184 e. The zero-order chi connectivity index (χ0) is 15.9. The molecule has 0 heterocycles. The Morgan fingerprint density at radius 3 is 2.59 bits per heavy atom. The highest BCUT2D eigenvalue weighted by Crippen LogP contribution is 2.17. The second-order valence-corrected chi connectivity index (χ2v) is 4.77. The minimum absolute atomic E-state index is 0.0558. The topological polar surface area (TPSA) is 59.6 Å². The van der Waals surface area contributed by atoms with Crippen molar-refractivity contribution in [2.75, 3.05) is 0 Å². The molecule has 4 nitrogen and oxygen atoms in total. The lowest BCUT2D eigenvalue weighted by atomic mass is 10.1. The van der Waals surface area contributed by atoms with E-state index in [9.17, 15) is 8.78 Å². The number of nitrogens with two attached hydrogens (primary N) is 1. The highest BCUT2D eigenvalue weighted by molar-refractivity contribution is 7.80. The Morgan fingerprint density at radius 2 is 1.91 bits per heavy atom. The molecular weight excluding hydrogens is 308 g/mol. The van der Waals surface area contributed by atoms with Gasteiger partial charge in [0, 0.05) is 23.8 Å². The van der Waals surface area contributed by atoms with E-state index in [4.69, 9.17) is 10.5 Å². The molecule has 0 aliphatic rings. The van der Waals surface area contributed by atoms with Gasteiger partial charge in [-0.3, -0.25) is 5.43 Å². The Morgan fingerprint density at radius 1 is 1.23 bits per heavy atom. The van der Waals surface area contributed by atoms with Crippen LogP contribution in [0.15, 0.2) is 47.6 Å². The summed E-state index contributed by atoms with van der Waals surface area (Å²) in [7, 11) is 0. The van der Waals surface area contributed by atoms with Gasteiger partial charge in [0.05, 0.1) is 6.21 Å². The molecule has 0 aliphatic carbocycles. The molecule has 2 aromatic rings. The summed E-state index contributed by atoms with van der Waals surface area (Å²) >= 11 is 4.64. The van der Waals surface area contributed by atoms with Gasteiger partial charge in [0.25, 0.3) is 0 Å². The van der Waals surface area contributed by atoms with E-state index in [1.165, 1.54) is 6.21 Å². The summed E-state index contributed by atoms with van der Waals surface area (Å²) in [5, 5.41) is 3.92. The van der Waals surface area contributed by atoms with Gasteiger partial charge in [-0.2, -0.15) is 5.10 Å². The standard InChI is InChI=1S/C15H13F2N3OS/c16-12-5-13(17)7-14(6-12)21-9-11-4-2-1-3-10(11)8-19-20-15(18)22/h1-8H,9H2,(H3,18,20,22). The molecule has 2 aromatic carbocycles. The van der Waals surface area contributed by atoms with Gasteiger partial charge in [-0.15, -0.1) is 0 Å². The van der Waals surface area contributed by atoms with Gasteiger partial charge in [-0.25, -0.2) is 8.78 Å². The summed E-state index contributed by atoms with van der Waals surface area (Å²) in [5.41, 5.74) is 9.28. The summed E-state index contributed by atoms with van der Waals surface area (Å²) < 4.78 is 31.6. The van der Waals surface area contributed by atoms with Gasteiger partial charge in [0.1, 0.15) is 24.0 Å². The highest BCUT2D eigenvalue weighted by Gasteiger charge is 2.04. The Balaban J connectivity index is 2.09. The lowest BCUT2D eigenvalue weighted by Crippen LogP contribution is -2.24. The molecule has 0 radical (unpaired) electrons. The van der Waals surface area contributed by atoms with Crippen molar-refractivity contribution < 1.29 is 13.5 Å². The Hall–Kier alpha value is -2.54. The summed E-state index contributed by atoms with van der Waals surface area (Å²) in [6.45, 7) is 0.137. The number of thiocarbonyl (C=S) groups is 1. The fraction of sp³-hybridized carbons (Fsp3) is 0.0667. The summed E-state index contributed by atoms with van der Waals surface area (Å²) in [5.74, 6) is -1.26. The fourth-order valence-corrected chi connectivity index (χ4v) is 1.78. The lowest BCUT2D eigenvalue weighted by Gasteiger charge is -2.09. The van der Waals surface area contributed by atoms with Gasteiger partial charge in [0.15, 0.2) is 5.11 Å². The first-order valence-corrected chi connectivity index (χ1v) is 6.71. The quantitative estimate of drug-likeness (QED) is 0.505. The number of hydrogen-bond donors (Lipinski definition) is 2. The number of hydrogen-bond acceptors (Lipinski definition) is 3. The largest absolute Gasteiger partial charge is 0.489 e. The average Bonchev–Trinajstić information content (AvgIpc) is 2.45. The normalized spacial score (nSPS) is 10.6. The van der Waals surface area contributed by atoms with Crippen LogP contribution < -0.4 is 15.9 Å². The number of hydrazone groups is 1. The zero-order valence-corrected chi connectivity index (χ0v) is 12.2. The Bertz CT molecular complexity index is 687. The molecular formula is C15H13F2N3OS. The van der Waals surface area contributed by atoms with Crippen LogP contribution in [0.3, 0.4) is 0 Å². The van der Waals surface area contributed by atoms with E-state index in [-0.39, 0.29) is 17.5 Å². The molecule has 0 aromatic heterocycles. The molecule has 0 saturated carbocycles. The molecule has 0 spiro atoms. The van der Waals surface area contributed by atoms with Crippen molar-refractivity contribution in [3.8, 4) is 5.75 Å². The summed E-state index contributed by atoms with van der Waals surface area (Å²) in [6, 6.07) is 10.3. The molecule has 0 fully saturated rings. The highest BCUT2D eigenvalue weighted by atomic mass is 32.1. The van der Waals surface area contributed by atoms with Crippen LogP contribution in [0.4, 0.5) is 8.78 Å². The van der Waals surface area contributed by atoms with Crippen LogP contribution in [-0.4, -0.2) is 11.3 Å². The van der Waals surface area contributed by atoms with Crippen LogP contribution in [0.1, 0.15) is 11.1 Å².